The van der Waals surface area contributed by atoms with Gasteiger partial charge in [0.05, 0.1) is 0 Å². The monoisotopic (exact) mass is 217 g/mol. The van der Waals surface area contributed by atoms with Crippen molar-refractivity contribution in [2.24, 2.45) is 5.92 Å². The third-order valence-electron chi connectivity index (χ3n) is 2.15. The van der Waals surface area contributed by atoms with Crippen LogP contribution in [0.5, 0.6) is 5.75 Å². The number of hydrogen-bond acceptors (Lipinski definition) is 2. The molecule has 0 saturated heterocycles. The van der Waals surface area contributed by atoms with E-state index in [1.54, 1.807) is 0 Å². The van der Waals surface area contributed by atoms with Crippen LogP contribution in [0, 0.1) is 18.3 Å². The fourth-order valence-corrected chi connectivity index (χ4v) is 1.41. The number of terminal acetylenes is 1. The van der Waals surface area contributed by atoms with Crippen molar-refractivity contribution in [2.45, 2.75) is 20.4 Å². The summed E-state index contributed by atoms with van der Waals surface area (Å²) in [4.78, 5) is 0. The average Bonchev–Trinajstić information content (AvgIpc) is 2.27. The molecule has 86 valence electrons. The standard InChI is InChI=1S/C14H19NO/c1-4-9-16-14-8-6-5-7-13(14)11-15-10-12(2)3/h1,5-8,12,15H,9-11H2,2-3H3. The zero-order valence-electron chi connectivity index (χ0n) is 9.99. The van der Waals surface area contributed by atoms with E-state index in [1.807, 2.05) is 18.2 Å². The highest BCUT2D eigenvalue weighted by molar-refractivity contribution is 5.33. The number of hydrogen-bond donors (Lipinski definition) is 1. The van der Waals surface area contributed by atoms with Gasteiger partial charge in [-0.15, -0.1) is 6.42 Å². The number of benzene rings is 1. The Morgan fingerprint density at radius 3 is 2.81 bits per heavy atom. The van der Waals surface area contributed by atoms with E-state index < -0.39 is 0 Å². The van der Waals surface area contributed by atoms with Gasteiger partial charge in [-0.1, -0.05) is 38.0 Å². The predicted molar refractivity (Wildman–Crippen MR) is 67.3 cm³/mol. The van der Waals surface area contributed by atoms with Crippen LogP contribution in [-0.2, 0) is 6.54 Å². The van der Waals surface area contributed by atoms with Crippen LogP contribution in [0.15, 0.2) is 24.3 Å². The summed E-state index contributed by atoms with van der Waals surface area (Å²) in [5, 5.41) is 3.39. The topological polar surface area (TPSA) is 21.3 Å². The third kappa shape index (κ3) is 4.37. The molecule has 0 heterocycles. The molecule has 2 nitrogen and oxygen atoms in total. The lowest BCUT2D eigenvalue weighted by atomic mass is 10.2. The molecule has 1 N–H and O–H groups in total. The summed E-state index contributed by atoms with van der Waals surface area (Å²) in [6.07, 6.45) is 5.18. The van der Waals surface area contributed by atoms with Gasteiger partial charge in [-0.2, -0.15) is 0 Å². The number of rotatable bonds is 6. The number of ether oxygens (including phenoxy) is 1. The van der Waals surface area contributed by atoms with Crippen LogP contribution >= 0.6 is 0 Å². The Bertz CT molecular complexity index is 352. The van der Waals surface area contributed by atoms with Gasteiger partial charge in [-0.25, -0.2) is 0 Å². The minimum Gasteiger partial charge on any atom is -0.481 e. The SMILES string of the molecule is C#CCOc1ccccc1CNCC(C)C. The van der Waals surface area contributed by atoms with Crippen LogP contribution < -0.4 is 10.1 Å². The van der Waals surface area contributed by atoms with Crippen molar-refractivity contribution in [2.75, 3.05) is 13.2 Å². The lowest BCUT2D eigenvalue weighted by Gasteiger charge is -2.11. The quantitative estimate of drug-likeness (QED) is 0.739. The highest BCUT2D eigenvalue weighted by atomic mass is 16.5. The second-order valence-electron chi connectivity index (χ2n) is 4.13. The summed E-state index contributed by atoms with van der Waals surface area (Å²) >= 11 is 0. The van der Waals surface area contributed by atoms with E-state index in [0.717, 1.165) is 24.4 Å². The summed E-state index contributed by atoms with van der Waals surface area (Å²) in [5.74, 6) is 4.00. The van der Waals surface area contributed by atoms with Gasteiger partial charge in [0.25, 0.3) is 0 Å². The largest absolute Gasteiger partial charge is 0.481 e. The summed E-state index contributed by atoms with van der Waals surface area (Å²) in [6.45, 7) is 6.52. The second kappa shape index (κ2) is 6.92. The predicted octanol–water partition coefficient (Wildman–Crippen LogP) is 2.44. The number of para-hydroxylation sites is 1. The smallest absolute Gasteiger partial charge is 0.148 e. The Kier molecular flexibility index (Phi) is 5.45. The van der Waals surface area contributed by atoms with Crippen LogP contribution in [0.3, 0.4) is 0 Å². The van der Waals surface area contributed by atoms with Gasteiger partial charge in [0.2, 0.25) is 0 Å². The van der Waals surface area contributed by atoms with Crippen molar-refractivity contribution >= 4 is 0 Å². The van der Waals surface area contributed by atoms with Crippen LogP contribution in [0.2, 0.25) is 0 Å². The molecule has 2 heteroatoms. The first-order valence-electron chi connectivity index (χ1n) is 5.59. The van der Waals surface area contributed by atoms with E-state index in [-0.39, 0.29) is 0 Å². The number of nitrogens with one attached hydrogen (secondary N) is 1. The molecular formula is C14H19NO. The molecule has 16 heavy (non-hydrogen) atoms. The molecule has 0 unspecified atom stereocenters. The minimum absolute atomic E-state index is 0.321. The highest BCUT2D eigenvalue weighted by Crippen LogP contribution is 2.17. The molecule has 0 aliphatic rings. The average molecular weight is 217 g/mol. The van der Waals surface area contributed by atoms with Crippen molar-refractivity contribution < 1.29 is 4.74 Å². The first kappa shape index (κ1) is 12.6. The molecule has 1 aromatic rings. The normalized spacial score (nSPS) is 10.1. The molecule has 0 saturated carbocycles. The Balaban J connectivity index is 2.53. The van der Waals surface area contributed by atoms with Crippen LogP contribution in [0.1, 0.15) is 19.4 Å². The van der Waals surface area contributed by atoms with Crippen LogP contribution in [0.4, 0.5) is 0 Å². The van der Waals surface area contributed by atoms with Gasteiger partial charge in [0.1, 0.15) is 12.4 Å². The molecule has 0 fully saturated rings. The maximum Gasteiger partial charge on any atom is 0.148 e. The highest BCUT2D eigenvalue weighted by Gasteiger charge is 2.02. The maximum atomic E-state index is 5.47. The zero-order valence-corrected chi connectivity index (χ0v) is 9.99. The van der Waals surface area contributed by atoms with Crippen molar-refractivity contribution in [1.82, 2.24) is 5.32 Å². The summed E-state index contributed by atoms with van der Waals surface area (Å²) < 4.78 is 5.47. The van der Waals surface area contributed by atoms with Crippen LogP contribution in [-0.4, -0.2) is 13.2 Å². The Labute approximate surface area is 98.0 Å². The van der Waals surface area contributed by atoms with E-state index in [4.69, 9.17) is 11.2 Å². The molecular weight excluding hydrogens is 198 g/mol. The van der Waals surface area contributed by atoms with Gasteiger partial charge < -0.3 is 10.1 Å². The zero-order chi connectivity index (χ0) is 11.8. The minimum atomic E-state index is 0.321. The van der Waals surface area contributed by atoms with E-state index in [9.17, 15) is 0 Å². The molecule has 0 spiro atoms. The van der Waals surface area contributed by atoms with E-state index in [1.165, 1.54) is 0 Å². The Hall–Kier alpha value is -1.46. The lowest BCUT2D eigenvalue weighted by molar-refractivity contribution is 0.364. The first-order chi connectivity index (χ1) is 7.74. The van der Waals surface area contributed by atoms with E-state index in [2.05, 4.69) is 31.2 Å². The molecule has 1 rings (SSSR count). The second-order valence-corrected chi connectivity index (χ2v) is 4.13. The van der Waals surface area contributed by atoms with E-state index >= 15 is 0 Å². The maximum absolute atomic E-state index is 5.47. The fraction of sp³-hybridized carbons (Fsp3) is 0.429. The summed E-state index contributed by atoms with van der Waals surface area (Å²) in [7, 11) is 0. The summed E-state index contributed by atoms with van der Waals surface area (Å²) in [6, 6.07) is 7.97. The van der Waals surface area contributed by atoms with Gasteiger partial charge in [0, 0.05) is 12.1 Å². The molecule has 0 aliphatic heterocycles. The summed E-state index contributed by atoms with van der Waals surface area (Å²) in [5.41, 5.74) is 1.15. The van der Waals surface area contributed by atoms with Crippen molar-refractivity contribution in [3.63, 3.8) is 0 Å². The molecule has 0 amide bonds. The Morgan fingerprint density at radius 2 is 2.12 bits per heavy atom. The van der Waals surface area contributed by atoms with Crippen molar-refractivity contribution in [3.05, 3.63) is 29.8 Å². The first-order valence-corrected chi connectivity index (χ1v) is 5.59. The molecule has 0 atom stereocenters. The van der Waals surface area contributed by atoms with Gasteiger partial charge in [-0.05, 0) is 18.5 Å². The fourth-order valence-electron chi connectivity index (χ4n) is 1.41. The molecule has 1 aromatic carbocycles. The van der Waals surface area contributed by atoms with Crippen LogP contribution in [0.25, 0.3) is 0 Å². The molecule has 0 bridgehead atoms. The lowest BCUT2D eigenvalue weighted by Crippen LogP contribution is -2.19. The van der Waals surface area contributed by atoms with Gasteiger partial charge >= 0.3 is 0 Å². The Morgan fingerprint density at radius 1 is 1.38 bits per heavy atom. The van der Waals surface area contributed by atoms with Gasteiger partial charge in [0.15, 0.2) is 0 Å². The van der Waals surface area contributed by atoms with Crippen molar-refractivity contribution in [1.29, 1.82) is 0 Å². The van der Waals surface area contributed by atoms with Crippen molar-refractivity contribution in [3.8, 4) is 18.1 Å². The van der Waals surface area contributed by atoms with E-state index in [0.29, 0.717) is 12.5 Å². The molecule has 0 radical (unpaired) electrons. The molecule has 0 aliphatic carbocycles. The third-order valence-corrected chi connectivity index (χ3v) is 2.15. The molecule has 0 aromatic heterocycles. The van der Waals surface area contributed by atoms with Gasteiger partial charge in [-0.3, -0.25) is 0 Å².